The van der Waals surface area contributed by atoms with Gasteiger partial charge in [-0.3, -0.25) is 9.59 Å². The van der Waals surface area contributed by atoms with Gasteiger partial charge in [0.2, 0.25) is 0 Å². The Hall–Kier alpha value is -1.75. The summed E-state index contributed by atoms with van der Waals surface area (Å²) >= 11 is 5.75. The molecule has 0 aliphatic carbocycles. The molecule has 1 aromatic carbocycles. The highest BCUT2D eigenvalue weighted by Gasteiger charge is 2.15. The molecule has 1 unspecified atom stereocenters. The van der Waals surface area contributed by atoms with Gasteiger partial charge in [0.15, 0.2) is 6.10 Å². The smallest absolute Gasteiger partial charge is 0.322 e. The van der Waals surface area contributed by atoms with Gasteiger partial charge in [-0.15, -0.1) is 0 Å². The summed E-state index contributed by atoms with van der Waals surface area (Å²) in [7, 11) is 0. The molecule has 0 saturated carbocycles. The molecule has 0 aromatic heterocycles. The van der Waals surface area contributed by atoms with Crippen LogP contribution < -0.4 is 10.1 Å². The molecular weight excluding hydrogens is 246 g/mol. The molecule has 2 N–H and O–H groups in total. The molecule has 0 spiro atoms. The number of hydrogen-bond acceptors (Lipinski definition) is 3. The molecule has 1 atom stereocenters. The minimum Gasteiger partial charge on any atom is -0.481 e. The van der Waals surface area contributed by atoms with Crippen LogP contribution >= 0.6 is 11.6 Å². The highest BCUT2D eigenvalue weighted by atomic mass is 35.5. The maximum absolute atomic E-state index is 11.4. The zero-order valence-electron chi connectivity index (χ0n) is 9.14. The second kappa shape index (κ2) is 6.10. The zero-order chi connectivity index (χ0) is 12.8. The molecule has 0 heterocycles. The Morgan fingerprint density at radius 3 is 2.82 bits per heavy atom. The van der Waals surface area contributed by atoms with E-state index in [9.17, 15) is 9.59 Å². The van der Waals surface area contributed by atoms with E-state index in [2.05, 4.69) is 5.32 Å². The number of amides is 1. The van der Waals surface area contributed by atoms with Crippen molar-refractivity contribution in [2.75, 3.05) is 6.54 Å². The van der Waals surface area contributed by atoms with E-state index >= 15 is 0 Å². The number of carboxylic acids is 1. The largest absolute Gasteiger partial charge is 0.481 e. The molecule has 0 radical (unpaired) electrons. The number of ether oxygens (including phenoxy) is 1. The summed E-state index contributed by atoms with van der Waals surface area (Å²) in [4.78, 5) is 21.7. The summed E-state index contributed by atoms with van der Waals surface area (Å²) in [5.41, 5.74) is 0. The Morgan fingerprint density at radius 1 is 1.53 bits per heavy atom. The quantitative estimate of drug-likeness (QED) is 0.834. The predicted octanol–water partition coefficient (Wildman–Crippen LogP) is 1.31. The van der Waals surface area contributed by atoms with Crippen molar-refractivity contribution >= 4 is 23.5 Å². The summed E-state index contributed by atoms with van der Waals surface area (Å²) in [6.07, 6.45) is -0.784. The number of aliphatic carboxylic acids is 1. The fourth-order valence-electron chi connectivity index (χ4n) is 1.10. The summed E-state index contributed by atoms with van der Waals surface area (Å²) in [6.45, 7) is 1.10. The lowest BCUT2D eigenvalue weighted by Gasteiger charge is -2.13. The molecule has 92 valence electrons. The van der Waals surface area contributed by atoms with Gasteiger partial charge in [0.1, 0.15) is 12.3 Å². The van der Waals surface area contributed by atoms with Crippen LogP contribution in [0.15, 0.2) is 24.3 Å². The first-order valence-corrected chi connectivity index (χ1v) is 5.28. The van der Waals surface area contributed by atoms with Gasteiger partial charge in [-0.25, -0.2) is 0 Å². The second-order valence-corrected chi connectivity index (χ2v) is 3.77. The van der Waals surface area contributed by atoms with Crippen molar-refractivity contribution in [3.05, 3.63) is 29.3 Å². The Kier molecular flexibility index (Phi) is 4.78. The maximum Gasteiger partial charge on any atom is 0.322 e. The Morgan fingerprint density at radius 2 is 2.24 bits per heavy atom. The lowest BCUT2D eigenvalue weighted by molar-refractivity contribution is -0.139. The van der Waals surface area contributed by atoms with Crippen LogP contribution in [0.5, 0.6) is 5.75 Å². The first-order chi connectivity index (χ1) is 7.99. The molecule has 5 nitrogen and oxygen atoms in total. The van der Waals surface area contributed by atoms with Gasteiger partial charge < -0.3 is 15.2 Å². The van der Waals surface area contributed by atoms with Crippen LogP contribution in [0, 0.1) is 0 Å². The monoisotopic (exact) mass is 257 g/mol. The van der Waals surface area contributed by atoms with E-state index in [0.717, 1.165) is 0 Å². The van der Waals surface area contributed by atoms with Crippen LogP contribution in [-0.4, -0.2) is 29.6 Å². The number of carboxylic acid groups (broad SMARTS) is 1. The van der Waals surface area contributed by atoms with E-state index in [1.165, 1.54) is 6.92 Å². The van der Waals surface area contributed by atoms with E-state index in [0.29, 0.717) is 10.8 Å². The van der Waals surface area contributed by atoms with Crippen molar-refractivity contribution in [3.63, 3.8) is 0 Å². The van der Waals surface area contributed by atoms with Crippen LogP contribution in [0.25, 0.3) is 0 Å². The summed E-state index contributed by atoms with van der Waals surface area (Å²) in [5, 5.41) is 11.1. The fourth-order valence-corrected chi connectivity index (χ4v) is 1.28. The molecule has 0 fully saturated rings. The minimum atomic E-state index is -1.10. The number of hydrogen-bond donors (Lipinski definition) is 2. The second-order valence-electron chi connectivity index (χ2n) is 3.33. The first-order valence-electron chi connectivity index (χ1n) is 4.91. The van der Waals surface area contributed by atoms with Crippen LogP contribution in [0.2, 0.25) is 5.02 Å². The number of nitrogens with one attached hydrogen (secondary N) is 1. The lowest BCUT2D eigenvalue weighted by Crippen LogP contribution is -2.39. The highest BCUT2D eigenvalue weighted by molar-refractivity contribution is 6.30. The van der Waals surface area contributed by atoms with Crippen molar-refractivity contribution in [3.8, 4) is 5.75 Å². The number of carbonyl (C=O) groups is 2. The predicted molar refractivity (Wildman–Crippen MR) is 62.2 cm³/mol. The van der Waals surface area contributed by atoms with Crippen LogP contribution in [0.4, 0.5) is 0 Å². The van der Waals surface area contributed by atoms with Crippen molar-refractivity contribution in [2.24, 2.45) is 0 Å². The third-order valence-electron chi connectivity index (χ3n) is 1.89. The minimum absolute atomic E-state index is 0.428. The molecule has 17 heavy (non-hydrogen) atoms. The van der Waals surface area contributed by atoms with Gasteiger partial charge in [-0.05, 0) is 25.1 Å². The van der Waals surface area contributed by atoms with Gasteiger partial charge >= 0.3 is 5.97 Å². The average molecular weight is 258 g/mol. The summed E-state index contributed by atoms with van der Waals surface area (Å²) in [5.74, 6) is -1.14. The fraction of sp³-hybridized carbons (Fsp3) is 0.273. The van der Waals surface area contributed by atoms with Crippen LogP contribution in [0.1, 0.15) is 6.92 Å². The van der Waals surface area contributed by atoms with Gasteiger partial charge in [0.25, 0.3) is 5.91 Å². The number of rotatable bonds is 5. The van der Waals surface area contributed by atoms with Gasteiger partial charge in [0, 0.05) is 5.02 Å². The van der Waals surface area contributed by atoms with Crippen molar-refractivity contribution in [1.82, 2.24) is 5.32 Å². The Bertz CT molecular complexity index is 422. The molecule has 1 aromatic rings. The summed E-state index contributed by atoms with van der Waals surface area (Å²) < 4.78 is 5.30. The van der Waals surface area contributed by atoms with Crippen molar-refractivity contribution in [1.29, 1.82) is 0 Å². The highest BCUT2D eigenvalue weighted by Crippen LogP contribution is 2.18. The molecule has 0 aliphatic heterocycles. The number of benzene rings is 1. The lowest BCUT2D eigenvalue weighted by atomic mass is 10.3. The van der Waals surface area contributed by atoms with Gasteiger partial charge in [-0.1, -0.05) is 17.7 Å². The van der Waals surface area contributed by atoms with Crippen molar-refractivity contribution in [2.45, 2.75) is 13.0 Å². The molecule has 6 heteroatoms. The van der Waals surface area contributed by atoms with Gasteiger partial charge in [0.05, 0.1) is 0 Å². The SMILES string of the molecule is CC(Oc1cccc(Cl)c1)C(=O)NCC(=O)O. The van der Waals surface area contributed by atoms with Crippen LogP contribution in [0.3, 0.4) is 0 Å². The molecule has 1 amide bonds. The van der Waals surface area contributed by atoms with E-state index in [1.807, 2.05) is 0 Å². The number of halogens is 1. The zero-order valence-corrected chi connectivity index (χ0v) is 9.90. The Labute approximate surface area is 103 Å². The normalized spacial score (nSPS) is 11.6. The van der Waals surface area contributed by atoms with E-state index in [-0.39, 0.29) is 0 Å². The summed E-state index contributed by atoms with van der Waals surface area (Å²) in [6, 6.07) is 6.61. The maximum atomic E-state index is 11.4. The standard InChI is InChI=1S/C11H12ClNO4/c1-7(11(16)13-6-10(14)15)17-9-4-2-3-8(12)5-9/h2-5,7H,6H2,1H3,(H,13,16)(H,14,15). The van der Waals surface area contributed by atoms with Crippen molar-refractivity contribution < 1.29 is 19.4 Å². The van der Waals surface area contributed by atoms with E-state index < -0.39 is 24.5 Å². The molecular formula is C11H12ClNO4. The average Bonchev–Trinajstić information content (AvgIpc) is 2.25. The third kappa shape index (κ3) is 4.74. The third-order valence-corrected chi connectivity index (χ3v) is 2.13. The molecule has 0 saturated heterocycles. The molecule has 0 bridgehead atoms. The van der Waals surface area contributed by atoms with Gasteiger partial charge in [-0.2, -0.15) is 0 Å². The molecule has 0 aliphatic rings. The van der Waals surface area contributed by atoms with E-state index in [4.69, 9.17) is 21.4 Å². The van der Waals surface area contributed by atoms with E-state index in [1.54, 1.807) is 24.3 Å². The first kappa shape index (κ1) is 13.3. The Balaban J connectivity index is 2.51. The number of carbonyl (C=O) groups excluding carboxylic acids is 1. The topological polar surface area (TPSA) is 75.6 Å². The van der Waals surface area contributed by atoms with Crippen LogP contribution in [-0.2, 0) is 9.59 Å². The molecule has 1 rings (SSSR count).